The molecule has 1 unspecified atom stereocenters. The third-order valence-electron chi connectivity index (χ3n) is 3.57. The molecule has 0 radical (unpaired) electrons. The Kier molecular flexibility index (Phi) is 3.66. The molecule has 110 valence electrons. The summed E-state index contributed by atoms with van der Waals surface area (Å²) in [6, 6.07) is 13.1. The fraction of sp³-hybridized carbons (Fsp3) is 0.250. The first-order valence-electron chi connectivity index (χ1n) is 6.65. The summed E-state index contributed by atoms with van der Waals surface area (Å²) in [4.78, 5) is 0. The van der Waals surface area contributed by atoms with Crippen LogP contribution < -0.4 is 14.8 Å². The number of ether oxygens (including phenoxy) is 2. The van der Waals surface area contributed by atoms with Crippen LogP contribution in [0, 0.1) is 0 Å². The van der Waals surface area contributed by atoms with E-state index >= 15 is 0 Å². The predicted molar refractivity (Wildman–Crippen MR) is 82.1 cm³/mol. The van der Waals surface area contributed by atoms with Gasteiger partial charge in [0.1, 0.15) is 0 Å². The van der Waals surface area contributed by atoms with E-state index in [1.165, 1.54) is 0 Å². The predicted octanol–water partition coefficient (Wildman–Crippen LogP) is 3.39. The number of halogens is 1. The van der Waals surface area contributed by atoms with Crippen molar-refractivity contribution in [2.24, 2.45) is 0 Å². The number of hydrogen-bond acceptors (Lipinski definition) is 4. The summed E-state index contributed by atoms with van der Waals surface area (Å²) in [6.07, 6.45) is 0. The number of aliphatic hydroxyl groups is 1. The third-order valence-corrected chi connectivity index (χ3v) is 3.81. The molecule has 3 rings (SSSR count). The SMILES string of the molecule is CC(CO)(Nc1cccc(Cl)c1)c1ccc2c(c1)OCO2. The van der Waals surface area contributed by atoms with Gasteiger partial charge in [-0.3, -0.25) is 0 Å². The average molecular weight is 306 g/mol. The van der Waals surface area contributed by atoms with Crippen LogP contribution in [0.2, 0.25) is 5.02 Å². The Morgan fingerprint density at radius 1 is 1.19 bits per heavy atom. The molecule has 5 heteroatoms. The van der Waals surface area contributed by atoms with Gasteiger partial charge in [-0.25, -0.2) is 0 Å². The van der Waals surface area contributed by atoms with E-state index in [-0.39, 0.29) is 13.4 Å². The van der Waals surface area contributed by atoms with Gasteiger partial charge in [0, 0.05) is 10.7 Å². The van der Waals surface area contributed by atoms with Crippen LogP contribution in [0.5, 0.6) is 11.5 Å². The zero-order valence-electron chi connectivity index (χ0n) is 11.6. The lowest BCUT2D eigenvalue weighted by atomic mass is 9.92. The summed E-state index contributed by atoms with van der Waals surface area (Å²) in [6.45, 7) is 2.08. The second-order valence-corrected chi connectivity index (χ2v) is 5.63. The van der Waals surface area contributed by atoms with Crippen molar-refractivity contribution in [1.29, 1.82) is 0 Å². The molecule has 0 saturated heterocycles. The maximum atomic E-state index is 9.85. The van der Waals surface area contributed by atoms with Gasteiger partial charge in [0.15, 0.2) is 11.5 Å². The van der Waals surface area contributed by atoms with Crippen molar-refractivity contribution in [3.63, 3.8) is 0 Å². The monoisotopic (exact) mass is 305 g/mol. The smallest absolute Gasteiger partial charge is 0.231 e. The highest BCUT2D eigenvalue weighted by Crippen LogP contribution is 2.37. The lowest BCUT2D eigenvalue weighted by molar-refractivity contribution is 0.173. The minimum absolute atomic E-state index is 0.0703. The van der Waals surface area contributed by atoms with E-state index in [4.69, 9.17) is 21.1 Å². The lowest BCUT2D eigenvalue weighted by Gasteiger charge is -2.30. The fourth-order valence-corrected chi connectivity index (χ4v) is 2.52. The number of rotatable bonds is 4. The van der Waals surface area contributed by atoms with Gasteiger partial charge in [-0.2, -0.15) is 0 Å². The molecular formula is C16H16ClNO3. The third kappa shape index (κ3) is 2.77. The van der Waals surface area contributed by atoms with Crippen LogP contribution in [0.15, 0.2) is 42.5 Å². The first-order chi connectivity index (χ1) is 10.1. The molecule has 0 aromatic heterocycles. The molecule has 0 aliphatic carbocycles. The Labute approximate surface area is 128 Å². The molecule has 1 aliphatic rings. The van der Waals surface area contributed by atoms with E-state index in [2.05, 4.69) is 5.32 Å². The highest BCUT2D eigenvalue weighted by molar-refractivity contribution is 6.30. The maximum absolute atomic E-state index is 9.85. The van der Waals surface area contributed by atoms with Crippen LogP contribution in [-0.4, -0.2) is 18.5 Å². The molecule has 1 atom stereocenters. The number of nitrogens with one attached hydrogen (secondary N) is 1. The minimum atomic E-state index is -0.647. The van der Waals surface area contributed by atoms with Crippen LogP contribution in [0.3, 0.4) is 0 Å². The van der Waals surface area contributed by atoms with Crippen LogP contribution in [0.4, 0.5) is 5.69 Å². The summed E-state index contributed by atoms with van der Waals surface area (Å²) in [5.41, 5.74) is 1.11. The minimum Gasteiger partial charge on any atom is -0.454 e. The number of fused-ring (bicyclic) bond motifs is 1. The molecule has 2 aromatic carbocycles. The van der Waals surface area contributed by atoms with Gasteiger partial charge >= 0.3 is 0 Å². The Hall–Kier alpha value is -1.91. The highest BCUT2D eigenvalue weighted by atomic mass is 35.5. The van der Waals surface area contributed by atoms with Gasteiger partial charge in [-0.05, 0) is 42.8 Å². The van der Waals surface area contributed by atoms with E-state index in [0.717, 1.165) is 17.0 Å². The zero-order chi connectivity index (χ0) is 14.9. The van der Waals surface area contributed by atoms with E-state index in [1.807, 2.05) is 49.4 Å². The lowest BCUT2D eigenvalue weighted by Crippen LogP contribution is -2.35. The van der Waals surface area contributed by atoms with Crippen LogP contribution in [0.25, 0.3) is 0 Å². The molecule has 21 heavy (non-hydrogen) atoms. The first kappa shape index (κ1) is 14.0. The standard InChI is InChI=1S/C16H16ClNO3/c1-16(9-19,18-13-4-2-3-12(17)8-13)11-5-6-14-15(7-11)21-10-20-14/h2-8,18-19H,9-10H2,1H3. The number of aliphatic hydroxyl groups excluding tert-OH is 1. The second-order valence-electron chi connectivity index (χ2n) is 5.19. The molecule has 0 spiro atoms. The van der Waals surface area contributed by atoms with Crippen molar-refractivity contribution >= 4 is 17.3 Å². The molecule has 0 bridgehead atoms. The van der Waals surface area contributed by atoms with Crippen LogP contribution in [0.1, 0.15) is 12.5 Å². The van der Waals surface area contributed by atoms with Crippen molar-refractivity contribution in [2.75, 3.05) is 18.7 Å². The summed E-state index contributed by atoms with van der Waals surface area (Å²) in [7, 11) is 0. The highest BCUT2D eigenvalue weighted by Gasteiger charge is 2.28. The molecule has 2 N–H and O–H groups in total. The quantitative estimate of drug-likeness (QED) is 0.909. The summed E-state index contributed by atoms with van der Waals surface area (Å²) >= 11 is 6.00. The fourth-order valence-electron chi connectivity index (χ4n) is 2.33. The second kappa shape index (κ2) is 5.47. The number of anilines is 1. The molecule has 1 aliphatic heterocycles. The Bertz CT molecular complexity index is 662. The van der Waals surface area contributed by atoms with E-state index in [9.17, 15) is 5.11 Å². The van der Waals surface area contributed by atoms with Gasteiger partial charge in [0.2, 0.25) is 6.79 Å². The molecule has 0 saturated carbocycles. The number of benzene rings is 2. The molecule has 0 amide bonds. The Balaban J connectivity index is 1.92. The normalized spacial score (nSPS) is 15.6. The van der Waals surface area contributed by atoms with E-state index < -0.39 is 5.54 Å². The van der Waals surface area contributed by atoms with Crippen molar-refractivity contribution in [2.45, 2.75) is 12.5 Å². The van der Waals surface area contributed by atoms with Gasteiger partial charge in [-0.1, -0.05) is 23.7 Å². The summed E-state index contributed by atoms with van der Waals surface area (Å²) in [5, 5.41) is 13.8. The largest absolute Gasteiger partial charge is 0.454 e. The first-order valence-corrected chi connectivity index (χ1v) is 7.03. The molecule has 0 fully saturated rings. The van der Waals surface area contributed by atoms with Gasteiger partial charge in [0.25, 0.3) is 0 Å². The summed E-state index contributed by atoms with van der Waals surface area (Å²) < 4.78 is 10.7. The van der Waals surface area contributed by atoms with Crippen molar-refractivity contribution < 1.29 is 14.6 Å². The van der Waals surface area contributed by atoms with Crippen molar-refractivity contribution in [3.8, 4) is 11.5 Å². The topological polar surface area (TPSA) is 50.7 Å². The van der Waals surface area contributed by atoms with Crippen LogP contribution in [-0.2, 0) is 5.54 Å². The molecule has 1 heterocycles. The summed E-state index contributed by atoms with van der Waals surface area (Å²) in [5.74, 6) is 1.42. The molecule has 2 aromatic rings. The Morgan fingerprint density at radius 3 is 2.76 bits per heavy atom. The maximum Gasteiger partial charge on any atom is 0.231 e. The molecule has 4 nitrogen and oxygen atoms in total. The van der Waals surface area contributed by atoms with Crippen molar-refractivity contribution in [3.05, 3.63) is 53.1 Å². The zero-order valence-corrected chi connectivity index (χ0v) is 12.4. The molecular weight excluding hydrogens is 290 g/mol. The van der Waals surface area contributed by atoms with Gasteiger partial charge < -0.3 is 19.9 Å². The van der Waals surface area contributed by atoms with Crippen molar-refractivity contribution in [1.82, 2.24) is 0 Å². The van der Waals surface area contributed by atoms with Crippen LogP contribution >= 0.6 is 11.6 Å². The number of hydrogen-bond donors (Lipinski definition) is 2. The van der Waals surface area contributed by atoms with E-state index in [1.54, 1.807) is 0 Å². The Morgan fingerprint density at radius 2 is 2.00 bits per heavy atom. The average Bonchev–Trinajstić information content (AvgIpc) is 2.94. The van der Waals surface area contributed by atoms with Gasteiger partial charge in [-0.15, -0.1) is 0 Å². The van der Waals surface area contributed by atoms with Gasteiger partial charge in [0.05, 0.1) is 12.1 Å². The van der Waals surface area contributed by atoms with E-state index in [0.29, 0.717) is 10.8 Å².